The Labute approximate surface area is 134 Å². The molecule has 0 bridgehead atoms. The van der Waals surface area contributed by atoms with Crippen molar-refractivity contribution in [3.8, 4) is 0 Å². The van der Waals surface area contributed by atoms with E-state index in [0.717, 1.165) is 34.9 Å². The summed E-state index contributed by atoms with van der Waals surface area (Å²) in [4.78, 5) is 8.30. The van der Waals surface area contributed by atoms with E-state index in [9.17, 15) is 8.42 Å². The van der Waals surface area contributed by atoms with E-state index in [2.05, 4.69) is 23.7 Å². The average Bonchev–Trinajstić information content (AvgIpc) is 2.89. The van der Waals surface area contributed by atoms with Gasteiger partial charge >= 0.3 is 0 Å². The summed E-state index contributed by atoms with van der Waals surface area (Å²) >= 11 is 1.72. The molecule has 0 saturated carbocycles. The Morgan fingerprint density at radius 2 is 2.14 bits per heavy atom. The van der Waals surface area contributed by atoms with Crippen LogP contribution in [0.15, 0.2) is 23.1 Å². The molecular weight excluding hydrogens is 318 g/mol. The molecule has 7 heteroatoms. The van der Waals surface area contributed by atoms with E-state index in [-0.39, 0.29) is 4.90 Å². The second-order valence-corrected chi connectivity index (χ2v) is 8.61. The highest BCUT2D eigenvalue weighted by atomic mass is 32.2. The highest BCUT2D eigenvalue weighted by Crippen LogP contribution is 2.35. The fourth-order valence-electron chi connectivity index (χ4n) is 2.84. The van der Waals surface area contributed by atoms with Crippen LogP contribution < -0.4 is 10.0 Å². The molecule has 0 spiro atoms. The fraction of sp³-hybridized carbons (Fsp3) is 0.400. The quantitative estimate of drug-likeness (QED) is 0.933. The van der Waals surface area contributed by atoms with Crippen molar-refractivity contribution >= 4 is 27.0 Å². The second kappa shape index (κ2) is 5.33. The van der Waals surface area contributed by atoms with Gasteiger partial charge in [0.05, 0.1) is 17.1 Å². The van der Waals surface area contributed by atoms with Crippen LogP contribution in [-0.2, 0) is 23.0 Å². The standard InChI is InChI=1S/C15H19N3O2S2/c1-9-6-12-7-13(22(16,19)20)4-5-14(12)18(9)8-15-17-10(2)11(3)21-15/h4-5,7,9H,6,8H2,1-3H3,(H2,16,19,20). The molecule has 0 fully saturated rings. The highest BCUT2D eigenvalue weighted by molar-refractivity contribution is 7.89. The molecule has 0 saturated heterocycles. The van der Waals surface area contributed by atoms with Gasteiger partial charge in [0.1, 0.15) is 5.01 Å². The van der Waals surface area contributed by atoms with Crippen LogP contribution in [-0.4, -0.2) is 19.4 Å². The molecule has 0 radical (unpaired) electrons. The summed E-state index contributed by atoms with van der Waals surface area (Å²) in [5.41, 5.74) is 3.19. The molecule has 1 atom stereocenters. The minimum atomic E-state index is -3.65. The van der Waals surface area contributed by atoms with Crippen LogP contribution >= 0.6 is 11.3 Å². The van der Waals surface area contributed by atoms with Gasteiger partial charge in [0.2, 0.25) is 10.0 Å². The zero-order valence-corrected chi connectivity index (χ0v) is 14.5. The number of fused-ring (bicyclic) bond motifs is 1. The van der Waals surface area contributed by atoms with E-state index in [1.165, 1.54) is 4.88 Å². The van der Waals surface area contributed by atoms with Gasteiger partial charge in [0.25, 0.3) is 0 Å². The number of anilines is 1. The third-order valence-electron chi connectivity index (χ3n) is 4.11. The Morgan fingerprint density at radius 3 is 2.73 bits per heavy atom. The lowest BCUT2D eigenvalue weighted by Gasteiger charge is -2.23. The van der Waals surface area contributed by atoms with Crippen LogP contribution in [0.1, 0.15) is 28.1 Å². The summed E-state index contributed by atoms with van der Waals surface area (Å²) in [7, 11) is -3.65. The molecule has 1 aliphatic rings. The summed E-state index contributed by atoms with van der Waals surface area (Å²) in [6.07, 6.45) is 0.821. The summed E-state index contributed by atoms with van der Waals surface area (Å²) in [5.74, 6) is 0. The molecular formula is C15H19N3O2S2. The monoisotopic (exact) mass is 337 g/mol. The van der Waals surface area contributed by atoms with E-state index in [1.54, 1.807) is 23.5 Å². The van der Waals surface area contributed by atoms with E-state index in [1.807, 2.05) is 13.0 Å². The predicted molar refractivity (Wildman–Crippen MR) is 88.8 cm³/mol. The van der Waals surface area contributed by atoms with Crippen LogP contribution in [0.2, 0.25) is 0 Å². The van der Waals surface area contributed by atoms with E-state index in [4.69, 9.17) is 5.14 Å². The van der Waals surface area contributed by atoms with Gasteiger partial charge < -0.3 is 4.90 Å². The molecule has 5 nitrogen and oxygen atoms in total. The van der Waals surface area contributed by atoms with Crippen LogP contribution in [0.25, 0.3) is 0 Å². The summed E-state index contributed by atoms with van der Waals surface area (Å²) in [6.45, 7) is 7.00. The molecule has 1 unspecified atom stereocenters. The average molecular weight is 337 g/mol. The molecule has 2 aromatic rings. The van der Waals surface area contributed by atoms with Crippen molar-refractivity contribution < 1.29 is 8.42 Å². The van der Waals surface area contributed by atoms with Gasteiger partial charge in [0.15, 0.2) is 0 Å². The van der Waals surface area contributed by atoms with Gasteiger partial charge in [-0.2, -0.15) is 0 Å². The molecule has 2 N–H and O–H groups in total. The van der Waals surface area contributed by atoms with Crippen molar-refractivity contribution in [2.24, 2.45) is 5.14 Å². The van der Waals surface area contributed by atoms with Crippen molar-refractivity contribution in [1.29, 1.82) is 0 Å². The van der Waals surface area contributed by atoms with Gasteiger partial charge in [0, 0.05) is 16.6 Å². The summed E-state index contributed by atoms with van der Waals surface area (Å²) < 4.78 is 23.0. The summed E-state index contributed by atoms with van der Waals surface area (Å²) in [5, 5.41) is 6.30. The maximum Gasteiger partial charge on any atom is 0.238 e. The number of aryl methyl sites for hydroxylation is 2. The van der Waals surface area contributed by atoms with Gasteiger partial charge in [-0.3, -0.25) is 0 Å². The lowest BCUT2D eigenvalue weighted by molar-refractivity contribution is 0.597. The SMILES string of the molecule is Cc1nc(CN2c3ccc(S(N)(=O)=O)cc3CC2C)sc1C. The van der Waals surface area contributed by atoms with Crippen LogP contribution in [0.3, 0.4) is 0 Å². The number of aromatic nitrogens is 1. The van der Waals surface area contributed by atoms with Crippen LogP contribution in [0.4, 0.5) is 5.69 Å². The number of hydrogen-bond acceptors (Lipinski definition) is 5. The van der Waals surface area contributed by atoms with Crippen LogP contribution in [0, 0.1) is 13.8 Å². The number of rotatable bonds is 3. The van der Waals surface area contributed by atoms with Crippen LogP contribution in [0.5, 0.6) is 0 Å². The van der Waals surface area contributed by atoms with Gasteiger partial charge in [-0.25, -0.2) is 18.5 Å². The van der Waals surface area contributed by atoms with E-state index >= 15 is 0 Å². The number of nitrogens with zero attached hydrogens (tertiary/aromatic N) is 2. The first-order valence-electron chi connectivity index (χ1n) is 7.11. The lowest BCUT2D eigenvalue weighted by Crippen LogP contribution is -2.28. The summed E-state index contributed by atoms with van der Waals surface area (Å²) in [6, 6.07) is 5.44. The smallest absolute Gasteiger partial charge is 0.238 e. The van der Waals surface area contributed by atoms with E-state index < -0.39 is 10.0 Å². The molecule has 22 heavy (non-hydrogen) atoms. The molecule has 1 aromatic carbocycles. The van der Waals surface area contributed by atoms with Gasteiger partial charge in [-0.05, 0) is 51.0 Å². The normalized spacial score (nSPS) is 17.8. The first kappa shape index (κ1) is 15.5. The first-order valence-corrected chi connectivity index (χ1v) is 9.47. The number of hydrogen-bond donors (Lipinski definition) is 1. The maximum atomic E-state index is 11.5. The van der Waals surface area contributed by atoms with Crippen molar-refractivity contribution in [2.75, 3.05) is 4.90 Å². The first-order chi connectivity index (χ1) is 10.3. The van der Waals surface area contributed by atoms with Crippen molar-refractivity contribution in [3.05, 3.63) is 39.3 Å². The lowest BCUT2D eigenvalue weighted by atomic mass is 10.1. The number of sulfonamides is 1. The molecule has 118 valence electrons. The van der Waals surface area contributed by atoms with Crippen molar-refractivity contribution in [3.63, 3.8) is 0 Å². The number of primary sulfonamides is 1. The predicted octanol–water partition coefficient (Wildman–Crippen LogP) is 2.36. The maximum absolute atomic E-state index is 11.5. The highest BCUT2D eigenvalue weighted by Gasteiger charge is 2.28. The second-order valence-electron chi connectivity index (χ2n) is 5.77. The minimum absolute atomic E-state index is 0.182. The third kappa shape index (κ3) is 2.76. The number of benzene rings is 1. The molecule has 0 amide bonds. The topological polar surface area (TPSA) is 76.3 Å². The molecule has 0 aliphatic carbocycles. The fourth-order valence-corrected chi connectivity index (χ4v) is 4.34. The largest absolute Gasteiger partial charge is 0.362 e. The number of thiazole rings is 1. The zero-order chi connectivity index (χ0) is 16.1. The van der Waals surface area contributed by atoms with Gasteiger partial charge in [-0.1, -0.05) is 0 Å². The van der Waals surface area contributed by atoms with Crippen molar-refractivity contribution in [2.45, 2.75) is 44.7 Å². The molecule has 1 aromatic heterocycles. The molecule has 3 rings (SSSR count). The Bertz CT molecular complexity index is 808. The number of nitrogens with two attached hydrogens (primary N) is 1. The van der Waals surface area contributed by atoms with E-state index in [0.29, 0.717) is 6.04 Å². The van der Waals surface area contributed by atoms with Gasteiger partial charge in [-0.15, -0.1) is 11.3 Å². The molecule has 1 aliphatic heterocycles. The van der Waals surface area contributed by atoms with Crippen molar-refractivity contribution in [1.82, 2.24) is 4.98 Å². The zero-order valence-electron chi connectivity index (χ0n) is 12.8. The molecule has 2 heterocycles. The minimum Gasteiger partial charge on any atom is -0.362 e. The Hall–Kier alpha value is -1.44. The third-order valence-corrected chi connectivity index (χ3v) is 6.08. The Balaban J connectivity index is 1.93. The Morgan fingerprint density at radius 1 is 1.41 bits per heavy atom. The Kier molecular flexibility index (Phi) is 3.74.